The summed E-state index contributed by atoms with van der Waals surface area (Å²) < 4.78 is 110. The molecule has 4 heterocycles. The first-order chi connectivity index (χ1) is 52.1. The number of unbranched alkanes of at least 4 members (excludes halogenated alkanes) is 2. The highest BCUT2D eigenvalue weighted by Crippen LogP contribution is 2.41. The molecule has 0 saturated carbocycles. The van der Waals surface area contributed by atoms with Gasteiger partial charge in [-0.15, -0.1) is 0 Å². The Kier molecular flexibility index (Phi) is 30.1. The van der Waals surface area contributed by atoms with Crippen molar-refractivity contribution < 1.29 is 101 Å². The Hall–Kier alpha value is -6.86. The van der Waals surface area contributed by atoms with E-state index in [-0.39, 0.29) is 59.5 Å². The highest BCUT2D eigenvalue weighted by atomic mass is 16.8. The Morgan fingerprint density at radius 2 is 0.981 bits per heavy atom. The van der Waals surface area contributed by atoms with Gasteiger partial charge in [-0.3, -0.25) is 0 Å². The van der Waals surface area contributed by atoms with Crippen molar-refractivity contribution in [2.24, 2.45) is 11.7 Å². The van der Waals surface area contributed by atoms with E-state index in [4.69, 9.17) is 81.5 Å². The van der Waals surface area contributed by atoms with Crippen LogP contribution in [0.25, 0.3) is 10.8 Å². The van der Waals surface area contributed by atoms with Crippen LogP contribution >= 0.6 is 0 Å². The Morgan fingerprint density at radius 3 is 1.55 bits per heavy atom. The van der Waals surface area contributed by atoms with Crippen LogP contribution in [0, 0.1) is 5.92 Å². The third-order valence-corrected chi connectivity index (χ3v) is 19.7. The predicted molar refractivity (Wildman–Crippen MR) is 390 cm³/mol. The lowest BCUT2D eigenvalue weighted by molar-refractivity contribution is -0.394. The minimum absolute atomic E-state index is 0.0146. The van der Waals surface area contributed by atoms with Gasteiger partial charge in [0.1, 0.15) is 79.4 Å². The normalized spacial score (nSPS) is 27.6. The number of nitrogens with two attached hydrogens (primary N) is 1. The Morgan fingerprint density at radius 1 is 0.472 bits per heavy atom. The number of fused-ring (bicyclic) bond motifs is 2. The molecule has 0 aliphatic carbocycles. The van der Waals surface area contributed by atoms with Crippen LogP contribution in [-0.4, -0.2) is 189 Å². The van der Waals surface area contributed by atoms with Crippen LogP contribution in [0.15, 0.2) is 224 Å². The van der Waals surface area contributed by atoms with Gasteiger partial charge in [0.05, 0.1) is 78.3 Å². The lowest BCUT2D eigenvalue weighted by atomic mass is 9.92. The monoisotopic (exact) mass is 1460 g/mol. The zero-order valence-electron chi connectivity index (χ0n) is 59.9. The SMILES string of the molecule is COC(OC1C2OC(c3ccccc3)OCC2OC(OCCCCCN)C1OCc1ccccc1)C(O)C(OC1OC(CO)C(OCc2ccccc2)C(OC2OC(COCc3ccccc3)C(OCc3ccccc3)C(OCc3ccc4ccccc4c3)C2O)C1OCc1ccccc1)C(C)[C@H](O)CO. The van der Waals surface area contributed by atoms with Crippen molar-refractivity contribution in [3.63, 3.8) is 0 Å². The molecule has 0 bridgehead atoms. The van der Waals surface area contributed by atoms with Crippen molar-refractivity contribution in [2.75, 3.05) is 46.7 Å². The van der Waals surface area contributed by atoms with Gasteiger partial charge in [-0.2, -0.15) is 0 Å². The average molecular weight is 1460 g/mol. The number of methoxy groups -OCH3 is 1. The second kappa shape index (κ2) is 40.5. The number of aliphatic hydroxyl groups excluding tert-OH is 5. The molecule has 0 amide bonds. The minimum Gasteiger partial charge on any atom is -0.394 e. The molecule has 4 fully saturated rings. The van der Waals surface area contributed by atoms with Gasteiger partial charge in [-0.25, -0.2) is 0 Å². The maximum Gasteiger partial charge on any atom is 0.187 e. The predicted octanol–water partition coefficient (Wildman–Crippen LogP) is 9.55. The highest BCUT2D eigenvalue weighted by molar-refractivity contribution is 5.83. The lowest BCUT2D eigenvalue weighted by Crippen LogP contribution is -2.67. The van der Waals surface area contributed by atoms with Crippen molar-refractivity contribution >= 4 is 10.8 Å². The molecule has 12 rings (SSSR count). The summed E-state index contributed by atoms with van der Waals surface area (Å²) in [5, 5.41) is 63.2. The maximum atomic E-state index is 13.4. The van der Waals surface area contributed by atoms with E-state index in [1.165, 1.54) is 7.11 Å². The van der Waals surface area contributed by atoms with Crippen LogP contribution < -0.4 is 5.73 Å². The molecular weight excluding hydrogens is 1360 g/mol. The molecule has 7 N–H and O–H groups in total. The molecule has 22 heteroatoms. The van der Waals surface area contributed by atoms with E-state index in [1.54, 1.807) is 6.92 Å². The molecule has 21 atom stereocenters. The Labute approximate surface area is 619 Å². The smallest absolute Gasteiger partial charge is 0.187 e. The second-order valence-electron chi connectivity index (χ2n) is 27.2. The summed E-state index contributed by atoms with van der Waals surface area (Å²) in [5.74, 6) is -1.16. The topological polar surface area (TPSA) is 275 Å². The molecule has 106 heavy (non-hydrogen) atoms. The molecule has 568 valence electrons. The van der Waals surface area contributed by atoms with Gasteiger partial charge in [0.25, 0.3) is 0 Å². The summed E-state index contributed by atoms with van der Waals surface area (Å²) >= 11 is 0. The molecule has 0 aromatic heterocycles. The van der Waals surface area contributed by atoms with Crippen LogP contribution in [0.2, 0.25) is 0 Å². The van der Waals surface area contributed by atoms with Gasteiger partial charge in [-0.1, -0.05) is 225 Å². The minimum atomic E-state index is -1.87. The summed E-state index contributed by atoms with van der Waals surface area (Å²) in [6.45, 7) is 1.28. The van der Waals surface area contributed by atoms with E-state index in [9.17, 15) is 25.5 Å². The number of benzene rings is 8. The van der Waals surface area contributed by atoms with Gasteiger partial charge in [0.15, 0.2) is 31.5 Å². The maximum absolute atomic E-state index is 13.4. The lowest BCUT2D eigenvalue weighted by Gasteiger charge is -2.51. The van der Waals surface area contributed by atoms with E-state index < -0.39 is 142 Å². The fourth-order valence-electron chi connectivity index (χ4n) is 13.9. The zero-order valence-corrected chi connectivity index (χ0v) is 59.9. The van der Waals surface area contributed by atoms with Gasteiger partial charge < -0.3 is 107 Å². The van der Waals surface area contributed by atoms with Crippen molar-refractivity contribution in [1.82, 2.24) is 0 Å². The van der Waals surface area contributed by atoms with Gasteiger partial charge in [0.2, 0.25) is 0 Å². The number of rotatable bonds is 39. The molecule has 0 spiro atoms. The van der Waals surface area contributed by atoms with Crippen LogP contribution in [0.3, 0.4) is 0 Å². The average Bonchev–Trinajstić information content (AvgIpc) is 0.771. The fourth-order valence-corrected chi connectivity index (χ4v) is 13.9. The second-order valence-corrected chi connectivity index (χ2v) is 27.2. The molecule has 8 aromatic rings. The highest BCUT2D eigenvalue weighted by Gasteiger charge is 2.57. The van der Waals surface area contributed by atoms with Crippen molar-refractivity contribution in [3.8, 4) is 0 Å². The molecular formula is C84H101NO21. The molecule has 20 unspecified atom stereocenters. The Balaban J connectivity index is 0.913. The number of ether oxygens (including phenoxy) is 16. The van der Waals surface area contributed by atoms with Crippen molar-refractivity contribution in [2.45, 2.75) is 189 Å². The summed E-state index contributed by atoms with van der Waals surface area (Å²) in [7, 11) is 1.35. The fraction of sp³-hybridized carbons (Fsp3) is 0.452. The third kappa shape index (κ3) is 21.1. The van der Waals surface area contributed by atoms with Gasteiger partial charge in [0, 0.05) is 25.2 Å². The summed E-state index contributed by atoms with van der Waals surface area (Å²) in [6, 6.07) is 71.2. The first-order valence-electron chi connectivity index (χ1n) is 36.7. The van der Waals surface area contributed by atoms with Crippen LogP contribution in [-0.2, 0) is 115 Å². The number of hydrogen-bond donors (Lipinski definition) is 6. The molecule has 8 aromatic carbocycles. The summed E-state index contributed by atoms with van der Waals surface area (Å²) in [5.41, 5.74) is 11.6. The molecule has 4 saturated heterocycles. The van der Waals surface area contributed by atoms with Crippen LogP contribution in [0.4, 0.5) is 0 Å². The third-order valence-electron chi connectivity index (χ3n) is 19.7. The first kappa shape index (κ1) is 78.7. The van der Waals surface area contributed by atoms with Gasteiger partial charge in [-0.05, 0) is 76.0 Å². The van der Waals surface area contributed by atoms with Crippen LogP contribution in [0.5, 0.6) is 0 Å². The molecule has 4 aliphatic heterocycles. The number of aliphatic hydroxyl groups is 5. The van der Waals surface area contributed by atoms with E-state index in [1.807, 2.05) is 224 Å². The number of hydrogen-bond acceptors (Lipinski definition) is 22. The van der Waals surface area contributed by atoms with Crippen molar-refractivity contribution in [3.05, 3.63) is 263 Å². The summed E-state index contributed by atoms with van der Waals surface area (Å²) in [6.07, 6.45) is -23.6. The van der Waals surface area contributed by atoms with Crippen LogP contribution in [0.1, 0.15) is 71.4 Å². The largest absolute Gasteiger partial charge is 0.394 e. The van der Waals surface area contributed by atoms with E-state index in [2.05, 4.69) is 0 Å². The first-order valence-corrected chi connectivity index (χ1v) is 36.7. The quantitative estimate of drug-likeness (QED) is 0.0154. The van der Waals surface area contributed by atoms with E-state index in [0.717, 1.165) is 62.6 Å². The molecule has 22 nitrogen and oxygen atoms in total. The summed E-state index contributed by atoms with van der Waals surface area (Å²) in [4.78, 5) is 0. The standard InChI is InChI=1S/C84H101NO21/c1-55(65(88)45-86)71(69(89)81(91-2)105-77-74-68(54-99-80(104-74)63-37-20-8-21-38-63)102-83(93-43-25-9-24-42-85)78(77)97-50-59-32-16-6-17-33-59)103-84-79(98-51-60-34-18-7-19-35-60)76(72(66(46-87)100-84)94-48-57-28-12-4-13-29-57)106-82-70(90)75(96-52-61-40-41-62-36-22-23-39-64(62)44-61)73(95-49-58-30-14-5-15-31-58)67(101-82)53-92-47-56-26-10-3-11-27-56/h3-8,10-23,26-41,44,55,65-84,86-90H,9,24-25,42-43,45-54,85H2,1-2H3/t55?,65-,66?,67?,68?,69?,70?,71?,72?,73?,74?,75?,76?,77?,78?,79?,80?,81?,82?,83?,84?/m1/s1. The zero-order chi connectivity index (χ0) is 73.4. The van der Waals surface area contributed by atoms with Crippen molar-refractivity contribution in [1.29, 1.82) is 0 Å². The molecule has 4 aliphatic rings. The van der Waals surface area contributed by atoms with Gasteiger partial charge >= 0.3 is 0 Å². The molecule has 0 radical (unpaired) electrons. The Bertz CT molecular complexity index is 3770. The van der Waals surface area contributed by atoms with E-state index >= 15 is 0 Å². The van der Waals surface area contributed by atoms with E-state index in [0.29, 0.717) is 13.0 Å².